The molecule has 4 aromatic rings. The van der Waals surface area contributed by atoms with Gasteiger partial charge in [-0.3, -0.25) is 4.79 Å². The number of nitrogens with zero attached hydrogens (tertiary/aromatic N) is 2. The Labute approximate surface area is 247 Å². The molecule has 1 N–H and O–H groups in total. The summed E-state index contributed by atoms with van der Waals surface area (Å²) in [4.78, 5) is 16.7. The Hall–Kier alpha value is -4.54. The third-order valence-electron chi connectivity index (χ3n) is 7.23. The summed E-state index contributed by atoms with van der Waals surface area (Å²) < 4.78 is 64.0. The highest BCUT2D eigenvalue weighted by molar-refractivity contribution is 5.89. The molecule has 43 heavy (non-hydrogen) atoms. The van der Waals surface area contributed by atoms with E-state index in [2.05, 4.69) is 15.5 Å². The van der Waals surface area contributed by atoms with Crippen LogP contribution in [0.2, 0.25) is 0 Å². The second kappa shape index (κ2) is 13.2. The van der Waals surface area contributed by atoms with Crippen LogP contribution in [0, 0.1) is 6.92 Å². The van der Waals surface area contributed by atoms with Crippen molar-refractivity contribution in [3.05, 3.63) is 88.8 Å². The van der Waals surface area contributed by atoms with Crippen molar-refractivity contribution >= 4 is 5.91 Å². The number of hydrogen-bond donors (Lipinski definition) is 1. The Kier molecular flexibility index (Phi) is 9.18. The number of aryl methyl sites for hydroxylation is 1. The first kappa shape index (κ1) is 29.9. The molecule has 1 fully saturated rings. The molecule has 226 valence electrons. The molecule has 3 aromatic carbocycles. The normalized spacial score (nSPS) is 13.9. The highest BCUT2D eigenvalue weighted by Gasteiger charge is 2.36. The van der Waals surface area contributed by atoms with Crippen LogP contribution in [0.4, 0.5) is 13.2 Å². The molecule has 1 aliphatic rings. The van der Waals surface area contributed by atoms with Crippen molar-refractivity contribution in [2.24, 2.45) is 0 Å². The van der Waals surface area contributed by atoms with Crippen LogP contribution in [0.5, 0.6) is 17.2 Å². The highest BCUT2D eigenvalue weighted by atomic mass is 19.4. The Balaban J connectivity index is 1.23. The van der Waals surface area contributed by atoms with Crippen molar-refractivity contribution in [1.82, 2.24) is 15.5 Å². The van der Waals surface area contributed by atoms with E-state index in [1.165, 1.54) is 39.4 Å². The summed E-state index contributed by atoms with van der Waals surface area (Å²) >= 11 is 0. The minimum absolute atomic E-state index is 0.0398. The first-order valence-corrected chi connectivity index (χ1v) is 14.0. The molecule has 0 bridgehead atoms. The van der Waals surface area contributed by atoms with E-state index in [1.54, 1.807) is 24.3 Å². The monoisotopic (exact) mass is 595 g/mol. The third-order valence-corrected chi connectivity index (χ3v) is 7.23. The number of ether oxygens (including phenoxy) is 3. The molecular formula is C32H32F3N3O5. The molecule has 0 radical (unpaired) electrons. The van der Waals surface area contributed by atoms with Gasteiger partial charge >= 0.3 is 18.0 Å². The van der Waals surface area contributed by atoms with Crippen LogP contribution in [0.3, 0.4) is 0 Å². The Morgan fingerprint density at radius 1 is 0.977 bits per heavy atom. The van der Waals surface area contributed by atoms with Crippen LogP contribution in [-0.4, -0.2) is 29.3 Å². The number of carbonyl (C=O) groups excluding carboxylic acids is 1. The minimum Gasteiger partial charge on any atom is -0.497 e. The number of carbonyl (C=O) groups is 1. The molecule has 1 saturated carbocycles. The van der Waals surface area contributed by atoms with Crippen molar-refractivity contribution in [2.45, 2.75) is 64.5 Å². The fraction of sp³-hybridized carbons (Fsp3) is 0.344. The zero-order chi connectivity index (χ0) is 30.4. The summed E-state index contributed by atoms with van der Waals surface area (Å²) in [5.41, 5.74) is 0.792. The largest absolute Gasteiger partial charge is 0.497 e. The molecular weight excluding hydrogens is 563 g/mol. The maximum Gasteiger partial charge on any atom is 0.419 e. The van der Waals surface area contributed by atoms with Gasteiger partial charge in [-0.05, 0) is 85.7 Å². The van der Waals surface area contributed by atoms with Crippen molar-refractivity contribution in [1.29, 1.82) is 0 Å². The maximum atomic E-state index is 14.1. The van der Waals surface area contributed by atoms with E-state index in [0.29, 0.717) is 11.3 Å². The van der Waals surface area contributed by atoms with Crippen LogP contribution in [0.15, 0.2) is 65.2 Å². The Morgan fingerprint density at radius 2 is 1.65 bits per heavy atom. The summed E-state index contributed by atoms with van der Waals surface area (Å²) in [5, 5.41) is 6.44. The van der Waals surface area contributed by atoms with Crippen LogP contribution in [0.25, 0.3) is 11.4 Å². The van der Waals surface area contributed by atoms with Gasteiger partial charge in [-0.15, -0.1) is 0 Å². The van der Waals surface area contributed by atoms with Crippen molar-refractivity contribution in [2.75, 3.05) is 7.11 Å². The van der Waals surface area contributed by atoms with E-state index in [4.69, 9.17) is 18.7 Å². The quantitative estimate of drug-likeness (QED) is 0.206. The van der Waals surface area contributed by atoms with Crippen molar-refractivity contribution < 1.29 is 36.7 Å². The smallest absolute Gasteiger partial charge is 0.419 e. The number of benzene rings is 3. The maximum absolute atomic E-state index is 14.1. The SMILES string of the molecule is COc1ccc(COc2c(C)cc(-c3noc(C(=O)NCc4ccc(OC5CCCCC5)cc4)n3)cc2C(F)(F)F)cc1. The molecule has 11 heteroatoms. The predicted molar refractivity (Wildman–Crippen MR) is 152 cm³/mol. The number of rotatable bonds is 10. The van der Waals surface area contributed by atoms with Crippen LogP contribution >= 0.6 is 0 Å². The molecule has 0 saturated heterocycles. The van der Waals surface area contributed by atoms with Gasteiger partial charge in [0.2, 0.25) is 5.82 Å². The zero-order valence-electron chi connectivity index (χ0n) is 23.9. The Bertz CT molecular complexity index is 1530. The molecule has 5 rings (SSSR count). The van der Waals surface area contributed by atoms with E-state index in [1.807, 2.05) is 24.3 Å². The fourth-order valence-electron chi connectivity index (χ4n) is 4.93. The highest BCUT2D eigenvalue weighted by Crippen LogP contribution is 2.41. The number of halogens is 3. The summed E-state index contributed by atoms with van der Waals surface area (Å²) in [6, 6.07) is 16.6. The van der Waals surface area contributed by atoms with Gasteiger partial charge in [-0.25, -0.2) is 0 Å². The topological polar surface area (TPSA) is 95.7 Å². The van der Waals surface area contributed by atoms with Gasteiger partial charge < -0.3 is 24.1 Å². The molecule has 1 heterocycles. The van der Waals surface area contributed by atoms with E-state index >= 15 is 0 Å². The first-order chi connectivity index (χ1) is 20.7. The third kappa shape index (κ3) is 7.65. The lowest BCUT2D eigenvalue weighted by Crippen LogP contribution is -2.23. The molecule has 0 spiro atoms. The van der Waals surface area contributed by atoms with Crippen LogP contribution < -0.4 is 19.5 Å². The molecule has 8 nitrogen and oxygen atoms in total. The first-order valence-electron chi connectivity index (χ1n) is 14.0. The fourth-order valence-corrected chi connectivity index (χ4v) is 4.93. The van der Waals surface area contributed by atoms with E-state index in [9.17, 15) is 18.0 Å². The number of nitrogens with one attached hydrogen (secondary N) is 1. The summed E-state index contributed by atoms with van der Waals surface area (Å²) in [6.45, 7) is 1.62. The minimum atomic E-state index is -4.71. The molecule has 0 atom stereocenters. The van der Waals surface area contributed by atoms with Crippen LogP contribution in [0.1, 0.15) is 65.0 Å². The summed E-state index contributed by atoms with van der Waals surface area (Å²) in [7, 11) is 1.53. The number of methoxy groups -OCH3 is 1. The van der Waals surface area contributed by atoms with Crippen molar-refractivity contribution in [3.63, 3.8) is 0 Å². The van der Waals surface area contributed by atoms with Gasteiger partial charge in [0, 0.05) is 12.1 Å². The van der Waals surface area contributed by atoms with Gasteiger partial charge in [-0.2, -0.15) is 18.2 Å². The lowest BCUT2D eigenvalue weighted by atomic mass is 9.98. The van der Waals surface area contributed by atoms with E-state index in [-0.39, 0.29) is 47.8 Å². The lowest BCUT2D eigenvalue weighted by molar-refractivity contribution is -0.139. The standard InChI is InChI=1S/C32H32F3N3O5/c1-20-16-23(17-27(32(33,34)35)28(20)41-19-22-10-12-24(40-2)13-11-22)29-37-31(43-38-29)30(39)36-18-21-8-14-26(15-9-21)42-25-6-4-3-5-7-25/h8-17,25H,3-7,18-19H2,1-2H3,(H,36,39). The second-order valence-corrected chi connectivity index (χ2v) is 10.4. The van der Waals surface area contributed by atoms with Gasteiger partial charge in [-0.1, -0.05) is 35.8 Å². The Morgan fingerprint density at radius 3 is 2.33 bits per heavy atom. The number of aromatic nitrogens is 2. The van der Waals surface area contributed by atoms with Gasteiger partial charge in [0.15, 0.2) is 0 Å². The van der Waals surface area contributed by atoms with Gasteiger partial charge in [0.1, 0.15) is 23.9 Å². The molecule has 0 aliphatic heterocycles. The average Bonchev–Trinajstić information content (AvgIpc) is 3.51. The second-order valence-electron chi connectivity index (χ2n) is 10.4. The van der Waals surface area contributed by atoms with Crippen LogP contribution in [-0.2, 0) is 19.3 Å². The number of amides is 1. The average molecular weight is 596 g/mol. The predicted octanol–water partition coefficient (Wildman–Crippen LogP) is 7.29. The zero-order valence-corrected chi connectivity index (χ0v) is 23.9. The number of hydrogen-bond acceptors (Lipinski definition) is 7. The van der Waals surface area contributed by atoms with Gasteiger partial charge in [0.25, 0.3) is 0 Å². The van der Waals surface area contributed by atoms with Crippen molar-refractivity contribution in [3.8, 4) is 28.6 Å². The molecule has 1 amide bonds. The molecule has 1 aliphatic carbocycles. The summed E-state index contributed by atoms with van der Waals surface area (Å²) in [5.74, 6) is -0.0448. The number of alkyl halides is 3. The van der Waals surface area contributed by atoms with E-state index in [0.717, 1.165) is 30.2 Å². The summed E-state index contributed by atoms with van der Waals surface area (Å²) in [6.07, 6.45) is 1.26. The van der Waals surface area contributed by atoms with Gasteiger partial charge in [0.05, 0.1) is 18.8 Å². The van der Waals surface area contributed by atoms with E-state index < -0.39 is 17.6 Å². The molecule has 0 unspecified atom stereocenters. The molecule has 1 aromatic heterocycles. The lowest BCUT2D eigenvalue weighted by Gasteiger charge is -2.23.